The van der Waals surface area contributed by atoms with E-state index in [2.05, 4.69) is 161 Å². The maximum atomic E-state index is 12.3. The number of amides is 1. The first-order chi connectivity index (χ1) is 46.6. The smallest absolute Gasteiger partial charge is 0.320 e. The molecule has 0 aliphatic carbocycles. The Kier molecular flexibility index (Phi) is 38.8. The van der Waals surface area contributed by atoms with Crippen LogP contribution >= 0.6 is 27.5 Å². The van der Waals surface area contributed by atoms with Gasteiger partial charge in [-0.3, -0.25) is 49.2 Å². The molecule has 0 saturated carbocycles. The zero-order valence-electron chi connectivity index (χ0n) is 56.9. The highest BCUT2D eigenvalue weighted by molar-refractivity contribution is 9.08. The number of hydrazine groups is 1. The van der Waals surface area contributed by atoms with Gasteiger partial charge in [-0.1, -0.05) is 200 Å². The van der Waals surface area contributed by atoms with Gasteiger partial charge in [0.15, 0.2) is 9.84 Å². The second kappa shape index (κ2) is 46.5. The maximum Gasteiger partial charge on any atom is 0.320 e. The van der Waals surface area contributed by atoms with Gasteiger partial charge in [0.05, 0.1) is 43.5 Å². The first kappa shape index (κ1) is 80.0. The highest BCUT2D eigenvalue weighted by Crippen LogP contribution is 2.21. The van der Waals surface area contributed by atoms with Crippen molar-refractivity contribution in [3.8, 4) is 0 Å². The zero-order valence-corrected chi connectivity index (χ0v) is 60.0. The van der Waals surface area contributed by atoms with Crippen molar-refractivity contribution in [1.82, 2.24) is 45.5 Å². The third-order valence-corrected chi connectivity index (χ3v) is 18.9. The number of aryl methyl sites for hydroxylation is 1. The van der Waals surface area contributed by atoms with Crippen LogP contribution in [0, 0.1) is 0 Å². The Morgan fingerprint density at radius 2 is 0.833 bits per heavy atom. The fraction of sp³-hybridized carbons (Fsp3) is 0.408. The molecule has 4 heterocycles. The number of hydrogen-bond donors (Lipinski definition) is 4. The number of benzene rings is 6. The number of sulfone groups is 1. The third-order valence-electron chi connectivity index (χ3n) is 16.4. The molecule has 17 nitrogen and oxygen atoms in total. The van der Waals surface area contributed by atoms with Crippen molar-refractivity contribution in [3.63, 3.8) is 0 Å². The predicted octanol–water partition coefficient (Wildman–Crippen LogP) is 10.2. The number of halogens is 2. The molecule has 0 aromatic heterocycles. The summed E-state index contributed by atoms with van der Waals surface area (Å²) in [4.78, 5) is 47.8. The summed E-state index contributed by atoms with van der Waals surface area (Å²) in [5, 5.41) is 7.25. The van der Waals surface area contributed by atoms with Gasteiger partial charge in [-0.05, 0) is 88.0 Å². The van der Waals surface area contributed by atoms with E-state index in [-0.39, 0.29) is 23.6 Å². The minimum atomic E-state index is -3.27. The summed E-state index contributed by atoms with van der Waals surface area (Å²) in [7, 11) is -3.27. The number of esters is 2. The van der Waals surface area contributed by atoms with Crippen LogP contribution in [0.1, 0.15) is 76.4 Å². The molecule has 5 N–H and O–H groups in total. The lowest BCUT2D eigenvalue weighted by molar-refractivity contribution is -0.145. The van der Waals surface area contributed by atoms with Crippen LogP contribution < -0.4 is 21.9 Å². The van der Waals surface area contributed by atoms with Gasteiger partial charge < -0.3 is 20.1 Å². The van der Waals surface area contributed by atoms with Crippen molar-refractivity contribution >= 4 is 73.4 Å². The molecule has 10 rings (SSSR count). The second-order valence-electron chi connectivity index (χ2n) is 23.4. The van der Waals surface area contributed by atoms with Gasteiger partial charge in [0, 0.05) is 136 Å². The van der Waals surface area contributed by atoms with E-state index in [0.717, 1.165) is 159 Å². The Hall–Kier alpha value is -6.69. The lowest BCUT2D eigenvalue weighted by Gasteiger charge is -2.34. The number of hydrogen-bond acceptors (Lipinski definition) is 16. The summed E-state index contributed by atoms with van der Waals surface area (Å²) in [6.07, 6.45) is 6.65. The number of nitrogens with one attached hydrogen (secondary N) is 3. The molecule has 4 aliphatic rings. The Morgan fingerprint density at radius 1 is 0.490 bits per heavy atom. The molecule has 4 saturated heterocycles. The van der Waals surface area contributed by atoms with Crippen molar-refractivity contribution in [2.24, 2.45) is 5.84 Å². The van der Waals surface area contributed by atoms with Crippen LogP contribution in [-0.4, -0.2) is 193 Å². The molecule has 0 spiro atoms. The van der Waals surface area contributed by atoms with Crippen LogP contribution in [0.3, 0.4) is 0 Å². The molecule has 4 fully saturated rings. The van der Waals surface area contributed by atoms with Gasteiger partial charge in [0.25, 0.3) is 0 Å². The first-order valence-electron chi connectivity index (χ1n) is 33.4. The number of rotatable bonds is 23. The topological polar surface area (TPSA) is 185 Å². The summed E-state index contributed by atoms with van der Waals surface area (Å²) < 4.78 is 34.3. The van der Waals surface area contributed by atoms with E-state index in [1.54, 1.807) is 24.3 Å². The van der Waals surface area contributed by atoms with Crippen molar-refractivity contribution in [1.29, 1.82) is 0 Å². The minimum absolute atomic E-state index is 0.0405. The van der Waals surface area contributed by atoms with Crippen LogP contribution in [0.25, 0.3) is 18.2 Å². The summed E-state index contributed by atoms with van der Waals surface area (Å²) in [6, 6.07) is 50.1. The van der Waals surface area contributed by atoms with Crippen LogP contribution in [0.15, 0.2) is 176 Å². The van der Waals surface area contributed by atoms with Gasteiger partial charge in [0.2, 0.25) is 5.91 Å². The molecule has 4 aliphatic heterocycles. The largest absolute Gasteiger partial charge is 0.465 e. The number of nitrogens with two attached hydrogens (primary N) is 1. The molecule has 0 unspecified atom stereocenters. The lowest BCUT2D eigenvalue weighted by atomic mass is 10.1. The van der Waals surface area contributed by atoms with E-state index < -0.39 is 9.84 Å². The maximum absolute atomic E-state index is 12.3. The lowest BCUT2D eigenvalue weighted by Crippen LogP contribution is -2.49. The molecule has 20 heteroatoms. The average Bonchev–Trinajstić information content (AvgIpc) is 1.25. The first-order valence-corrected chi connectivity index (χ1v) is 36.7. The van der Waals surface area contributed by atoms with E-state index in [0.29, 0.717) is 49.0 Å². The van der Waals surface area contributed by atoms with Crippen molar-refractivity contribution < 1.29 is 32.3 Å². The Morgan fingerprint density at radius 3 is 1.22 bits per heavy atom. The standard InChI is InChI=1S/C17H24N2O2.C15H24N4O.C14H13BrO2S.C13H18N2.C9H9Cl.C8H16N2O2/c1-3-15-5-7-16(8-6-15)13-18-9-11-19(12-10-18)14-17(20)21-4-2;1-2-13-3-5-14(6-4-13)11-18-7-9-19(10-8-18)12-15(20)17-16;15-10-12-6-4-5-7-13(12)11-18(16,17)14-8-2-1-3-9-14;1-2-12-3-5-13(6-4-12)11-15-9-7-14-8-10-15;1-2-8-3-5-9(7-10)6-4-8;1-2-12-8(11)7-10-5-3-9-4-6-10/h3,5-8H,1,4,9-14H2,2H3;3-6H,2,7-12,16H2,1H3,(H,17,20);1-9H,10-11H2;2-6,14H,1,7-11H2;2-6H,1,7H2;9H,2-7H2,1H3. The van der Waals surface area contributed by atoms with Crippen molar-refractivity contribution in [2.75, 3.05) is 138 Å². The molecule has 1 amide bonds. The molecule has 520 valence electrons. The van der Waals surface area contributed by atoms with Gasteiger partial charge >= 0.3 is 11.9 Å². The van der Waals surface area contributed by atoms with Crippen LogP contribution in [0.5, 0.6) is 0 Å². The van der Waals surface area contributed by atoms with E-state index in [9.17, 15) is 22.8 Å². The van der Waals surface area contributed by atoms with E-state index in [4.69, 9.17) is 26.9 Å². The number of carbonyl (C=O) groups is 3. The summed E-state index contributed by atoms with van der Waals surface area (Å²) in [6.45, 7) is 38.2. The number of alkyl halides is 2. The van der Waals surface area contributed by atoms with Gasteiger partial charge in [-0.25, -0.2) is 14.3 Å². The van der Waals surface area contributed by atoms with Crippen molar-refractivity contribution in [2.45, 2.75) is 68.7 Å². The molecule has 0 atom stereocenters. The average molecular weight is 1420 g/mol. The molecule has 0 radical (unpaired) electrons. The Balaban J connectivity index is 0.000000212. The van der Waals surface area contributed by atoms with Crippen LogP contribution in [0.2, 0.25) is 0 Å². The van der Waals surface area contributed by atoms with Gasteiger partial charge in [-0.15, -0.1) is 11.6 Å². The Bertz CT molecular complexity index is 3290. The quantitative estimate of drug-likeness (QED) is 0.0156. The minimum Gasteiger partial charge on any atom is -0.465 e. The van der Waals surface area contributed by atoms with Crippen molar-refractivity contribution in [3.05, 3.63) is 227 Å². The molecular weight excluding hydrogens is 1310 g/mol. The number of piperazine rings is 4. The molecule has 96 heavy (non-hydrogen) atoms. The van der Waals surface area contributed by atoms with Crippen LogP contribution in [0.4, 0.5) is 0 Å². The monoisotopic (exact) mass is 1410 g/mol. The van der Waals surface area contributed by atoms with Gasteiger partial charge in [-0.2, -0.15) is 0 Å². The van der Waals surface area contributed by atoms with E-state index in [1.165, 1.54) is 27.8 Å². The molecular formula is C76H104BrClN10O7S. The molecule has 6 aromatic carbocycles. The molecule has 6 aromatic rings. The fourth-order valence-corrected chi connectivity index (χ4v) is 12.8. The van der Waals surface area contributed by atoms with Crippen LogP contribution in [-0.2, 0) is 76.7 Å². The normalized spacial score (nSPS) is 15.4. The second-order valence-corrected chi connectivity index (χ2v) is 26.3. The van der Waals surface area contributed by atoms with E-state index >= 15 is 0 Å². The fourth-order valence-electron chi connectivity index (χ4n) is 10.6. The highest BCUT2D eigenvalue weighted by atomic mass is 79.9. The Labute approximate surface area is 586 Å². The predicted molar refractivity (Wildman–Crippen MR) is 398 cm³/mol. The number of carbonyl (C=O) groups excluding carboxylic acids is 3. The zero-order chi connectivity index (χ0) is 69.2. The summed E-state index contributed by atoms with van der Waals surface area (Å²) in [5.41, 5.74) is 14.1. The number of ether oxygens (including phenoxy) is 2. The van der Waals surface area contributed by atoms with Gasteiger partial charge in [0.1, 0.15) is 0 Å². The third kappa shape index (κ3) is 31.7. The highest BCUT2D eigenvalue weighted by Gasteiger charge is 2.22. The SMILES string of the molecule is C=Cc1ccc(CCl)cc1.C=Cc1ccc(CN2CCN(CC(=O)OCC)CC2)cc1.C=Cc1ccc(CN2CCNCC2)cc1.CCOC(=O)CN1CCNCC1.CCc1ccc(CN2CCN(CC(=O)NN)CC2)cc1.O=S(=O)(Cc1ccccc1CBr)c1ccccc1. The molecule has 0 bridgehead atoms. The summed E-state index contributed by atoms with van der Waals surface area (Å²) in [5.74, 6) is 5.38. The summed E-state index contributed by atoms with van der Waals surface area (Å²) >= 11 is 8.97. The number of nitrogens with zero attached hydrogens (tertiary/aromatic N) is 6. The van der Waals surface area contributed by atoms with E-state index in [1.807, 2.05) is 86.7 Å².